The third-order valence-electron chi connectivity index (χ3n) is 1.64. The monoisotopic (exact) mass is 203 g/mol. The minimum Gasteiger partial charge on any atom is -0.494 e. The Morgan fingerprint density at radius 3 is 3.00 bits per heavy atom. The highest BCUT2D eigenvalue weighted by molar-refractivity contribution is 5.92. The van der Waals surface area contributed by atoms with E-state index in [0.29, 0.717) is 6.61 Å². The Morgan fingerprint density at radius 2 is 2.33 bits per heavy atom. The molecule has 1 rings (SSSR count). The van der Waals surface area contributed by atoms with Crippen LogP contribution in [-0.4, -0.2) is 12.5 Å². The van der Waals surface area contributed by atoms with Gasteiger partial charge in [0.15, 0.2) is 0 Å². The van der Waals surface area contributed by atoms with Gasteiger partial charge in [-0.2, -0.15) is 0 Å². The van der Waals surface area contributed by atoms with E-state index < -0.39 is 5.91 Å². The first-order chi connectivity index (χ1) is 7.22. The molecular formula is C12H13NO2. The summed E-state index contributed by atoms with van der Waals surface area (Å²) in [7, 11) is 0. The van der Waals surface area contributed by atoms with Gasteiger partial charge in [-0.1, -0.05) is 18.9 Å². The molecule has 78 valence electrons. The average molecular weight is 203 g/mol. The Balaban J connectivity index is 2.75. The van der Waals surface area contributed by atoms with Gasteiger partial charge in [0.25, 0.3) is 5.91 Å². The summed E-state index contributed by atoms with van der Waals surface area (Å²) in [5.41, 5.74) is 5.64. The summed E-state index contributed by atoms with van der Waals surface area (Å²) < 4.78 is 5.42. The molecule has 1 aromatic carbocycles. The van der Waals surface area contributed by atoms with Gasteiger partial charge in [0.2, 0.25) is 0 Å². The van der Waals surface area contributed by atoms with Crippen LogP contribution in [-0.2, 0) is 4.79 Å². The van der Waals surface area contributed by atoms with Crippen LogP contribution in [0.5, 0.6) is 5.75 Å². The van der Waals surface area contributed by atoms with Crippen molar-refractivity contribution in [2.45, 2.75) is 13.3 Å². The Morgan fingerprint density at radius 1 is 1.53 bits per heavy atom. The van der Waals surface area contributed by atoms with Gasteiger partial charge in [-0.15, -0.1) is 0 Å². The van der Waals surface area contributed by atoms with Crippen molar-refractivity contribution in [2.24, 2.45) is 5.73 Å². The molecule has 0 atom stereocenters. The molecule has 0 bridgehead atoms. The lowest BCUT2D eigenvalue weighted by molar-refractivity contribution is -0.112. The third kappa shape index (κ3) is 4.19. The zero-order valence-corrected chi connectivity index (χ0v) is 8.62. The van der Waals surface area contributed by atoms with Crippen molar-refractivity contribution in [2.75, 3.05) is 6.61 Å². The van der Waals surface area contributed by atoms with Gasteiger partial charge in [-0.25, -0.2) is 0 Å². The van der Waals surface area contributed by atoms with E-state index in [0.717, 1.165) is 17.7 Å². The normalized spacial score (nSPS) is 8.87. The number of hydrogen-bond donors (Lipinski definition) is 1. The van der Waals surface area contributed by atoms with Crippen LogP contribution in [0, 0.1) is 11.8 Å². The predicted octanol–water partition coefficient (Wildman–Crippen LogP) is 1.31. The van der Waals surface area contributed by atoms with Crippen LogP contribution in [0.25, 0.3) is 0 Å². The van der Waals surface area contributed by atoms with E-state index in [-0.39, 0.29) is 0 Å². The number of carbonyl (C=O) groups excluding carboxylic acids is 1. The molecule has 1 aromatic rings. The molecule has 15 heavy (non-hydrogen) atoms. The molecule has 0 spiro atoms. The first kappa shape index (κ1) is 11.1. The predicted molar refractivity (Wildman–Crippen MR) is 58.3 cm³/mol. The molecule has 0 aliphatic heterocycles. The summed E-state index contributed by atoms with van der Waals surface area (Å²) in [4.78, 5) is 10.4. The Bertz CT molecular complexity index is 402. The maximum absolute atomic E-state index is 10.4. The summed E-state index contributed by atoms with van der Waals surface area (Å²) in [6, 6.07) is 7.27. The molecule has 2 N–H and O–H groups in total. The van der Waals surface area contributed by atoms with Crippen LogP contribution < -0.4 is 10.5 Å². The zero-order valence-electron chi connectivity index (χ0n) is 8.62. The van der Waals surface area contributed by atoms with E-state index in [1.54, 1.807) is 12.1 Å². The molecule has 0 aliphatic carbocycles. The second-order valence-electron chi connectivity index (χ2n) is 2.99. The van der Waals surface area contributed by atoms with Gasteiger partial charge >= 0.3 is 0 Å². The molecule has 0 heterocycles. The van der Waals surface area contributed by atoms with Crippen molar-refractivity contribution in [1.82, 2.24) is 0 Å². The maximum atomic E-state index is 10.4. The van der Waals surface area contributed by atoms with Crippen molar-refractivity contribution in [3.05, 3.63) is 29.8 Å². The second kappa shape index (κ2) is 5.71. The van der Waals surface area contributed by atoms with Crippen LogP contribution in [0.4, 0.5) is 0 Å². The number of nitrogens with two attached hydrogens (primary N) is 1. The number of ether oxygens (including phenoxy) is 1. The lowest BCUT2D eigenvalue weighted by atomic mass is 10.2. The van der Waals surface area contributed by atoms with Crippen LogP contribution in [0.3, 0.4) is 0 Å². The van der Waals surface area contributed by atoms with Crippen LogP contribution in [0.15, 0.2) is 24.3 Å². The van der Waals surface area contributed by atoms with Crippen molar-refractivity contribution in [1.29, 1.82) is 0 Å². The molecule has 0 unspecified atom stereocenters. The van der Waals surface area contributed by atoms with Gasteiger partial charge in [-0.05, 0) is 30.5 Å². The minimum atomic E-state index is -0.630. The van der Waals surface area contributed by atoms with Crippen LogP contribution in [0.2, 0.25) is 0 Å². The molecular weight excluding hydrogens is 190 g/mol. The highest BCUT2D eigenvalue weighted by Gasteiger charge is 1.93. The fourth-order valence-corrected chi connectivity index (χ4v) is 1.02. The maximum Gasteiger partial charge on any atom is 0.293 e. The first-order valence-corrected chi connectivity index (χ1v) is 4.76. The van der Waals surface area contributed by atoms with Crippen molar-refractivity contribution < 1.29 is 9.53 Å². The lowest BCUT2D eigenvalue weighted by Gasteiger charge is -2.03. The Labute approximate surface area is 89.2 Å². The molecule has 3 heteroatoms. The quantitative estimate of drug-likeness (QED) is 0.753. The molecule has 1 amide bonds. The molecule has 3 nitrogen and oxygen atoms in total. The van der Waals surface area contributed by atoms with Gasteiger partial charge in [-0.3, -0.25) is 4.79 Å². The number of hydrogen-bond acceptors (Lipinski definition) is 2. The van der Waals surface area contributed by atoms with Crippen molar-refractivity contribution in [3.63, 3.8) is 0 Å². The molecule has 0 radical (unpaired) electrons. The SMILES string of the molecule is CCCOc1cccc(C#CC(N)=O)c1. The number of benzene rings is 1. The summed E-state index contributed by atoms with van der Waals surface area (Å²) in [5.74, 6) is 5.06. The highest BCUT2D eigenvalue weighted by Crippen LogP contribution is 2.12. The largest absolute Gasteiger partial charge is 0.494 e. The molecule has 0 saturated carbocycles. The first-order valence-electron chi connectivity index (χ1n) is 4.76. The lowest BCUT2D eigenvalue weighted by Crippen LogP contribution is -2.06. The minimum absolute atomic E-state index is 0.630. The molecule has 0 saturated heterocycles. The van der Waals surface area contributed by atoms with Gasteiger partial charge in [0, 0.05) is 5.56 Å². The number of rotatable bonds is 3. The van der Waals surface area contributed by atoms with E-state index >= 15 is 0 Å². The number of amides is 1. The molecule has 0 aliphatic rings. The van der Waals surface area contributed by atoms with Crippen molar-refractivity contribution in [3.8, 4) is 17.6 Å². The molecule has 0 fully saturated rings. The number of primary amides is 1. The topological polar surface area (TPSA) is 52.3 Å². The van der Waals surface area contributed by atoms with Gasteiger partial charge in [0.05, 0.1) is 6.61 Å². The zero-order chi connectivity index (χ0) is 11.1. The Kier molecular flexibility index (Phi) is 4.24. The fraction of sp³-hybridized carbons (Fsp3) is 0.250. The second-order valence-corrected chi connectivity index (χ2v) is 2.99. The summed E-state index contributed by atoms with van der Waals surface area (Å²) in [5, 5.41) is 0. The standard InChI is InChI=1S/C12H13NO2/c1-2-8-15-11-5-3-4-10(9-11)6-7-12(13)14/h3-5,9H,2,8H2,1H3,(H2,13,14). The average Bonchev–Trinajstić information content (AvgIpc) is 2.24. The third-order valence-corrected chi connectivity index (χ3v) is 1.64. The van der Waals surface area contributed by atoms with E-state index in [9.17, 15) is 4.79 Å². The summed E-state index contributed by atoms with van der Waals surface area (Å²) in [6.07, 6.45) is 0.956. The Hall–Kier alpha value is -1.95. The van der Waals surface area contributed by atoms with Crippen molar-refractivity contribution >= 4 is 5.91 Å². The summed E-state index contributed by atoms with van der Waals surface area (Å²) >= 11 is 0. The molecule has 0 aromatic heterocycles. The van der Waals surface area contributed by atoms with E-state index in [1.165, 1.54) is 0 Å². The van der Waals surface area contributed by atoms with Gasteiger partial charge < -0.3 is 10.5 Å². The summed E-state index contributed by atoms with van der Waals surface area (Å²) in [6.45, 7) is 2.71. The van der Waals surface area contributed by atoms with E-state index in [4.69, 9.17) is 10.5 Å². The van der Waals surface area contributed by atoms with E-state index in [2.05, 4.69) is 11.8 Å². The van der Waals surface area contributed by atoms with Gasteiger partial charge in [0.1, 0.15) is 5.75 Å². The highest BCUT2D eigenvalue weighted by atomic mass is 16.5. The van der Waals surface area contributed by atoms with Crippen LogP contribution >= 0.6 is 0 Å². The fourth-order valence-electron chi connectivity index (χ4n) is 1.02. The smallest absolute Gasteiger partial charge is 0.293 e. The number of carbonyl (C=O) groups is 1. The van der Waals surface area contributed by atoms with E-state index in [1.807, 2.05) is 19.1 Å². The van der Waals surface area contributed by atoms with Crippen LogP contribution in [0.1, 0.15) is 18.9 Å².